The number of nitriles is 1. The number of nitrogens with zero attached hydrogens (tertiary/aromatic N) is 1. The highest BCUT2D eigenvalue weighted by atomic mass is 15.0. The van der Waals surface area contributed by atoms with Crippen molar-refractivity contribution in [3.8, 4) is 6.07 Å². The van der Waals surface area contributed by atoms with Crippen molar-refractivity contribution in [1.82, 2.24) is 5.32 Å². The highest BCUT2D eigenvalue weighted by Gasteiger charge is 2.33. The van der Waals surface area contributed by atoms with E-state index in [1.165, 1.54) is 19.3 Å². The van der Waals surface area contributed by atoms with Crippen molar-refractivity contribution in [2.75, 3.05) is 6.54 Å². The largest absolute Gasteiger partial charge is 0.299 e. The van der Waals surface area contributed by atoms with Gasteiger partial charge in [0.15, 0.2) is 0 Å². The lowest BCUT2D eigenvalue weighted by Crippen LogP contribution is -2.50. The van der Waals surface area contributed by atoms with E-state index >= 15 is 0 Å². The predicted octanol–water partition coefficient (Wildman–Crippen LogP) is 1.43. The maximum atomic E-state index is 8.33. The number of rotatable bonds is 3. The molecule has 0 amide bonds. The molecule has 0 radical (unpaired) electrons. The molecule has 0 aliphatic heterocycles. The lowest BCUT2D eigenvalue weighted by molar-refractivity contribution is 0.185. The van der Waals surface area contributed by atoms with E-state index in [0.717, 1.165) is 6.42 Å². The van der Waals surface area contributed by atoms with Crippen LogP contribution in [0.2, 0.25) is 0 Å². The first-order chi connectivity index (χ1) is 4.83. The maximum Gasteiger partial charge on any atom is 0.0845 e. The van der Waals surface area contributed by atoms with Crippen LogP contribution in [-0.2, 0) is 0 Å². The smallest absolute Gasteiger partial charge is 0.0845 e. The summed E-state index contributed by atoms with van der Waals surface area (Å²) in [7, 11) is 0. The minimum absolute atomic E-state index is 0.343. The van der Waals surface area contributed by atoms with Crippen molar-refractivity contribution >= 4 is 0 Å². The van der Waals surface area contributed by atoms with E-state index in [2.05, 4.69) is 18.3 Å². The van der Waals surface area contributed by atoms with Gasteiger partial charge >= 0.3 is 0 Å². The number of nitrogens with one attached hydrogen (secondary N) is 1. The van der Waals surface area contributed by atoms with E-state index in [1.807, 2.05) is 0 Å². The number of hydrogen-bond acceptors (Lipinski definition) is 2. The van der Waals surface area contributed by atoms with E-state index in [0.29, 0.717) is 12.1 Å². The van der Waals surface area contributed by atoms with Crippen molar-refractivity contribution in [1.29, 1.82) is 5.26 Å². The molecule has 1 rings (SSSR count). The summed E-state index contributed by atoms with van der Waals surface area (Å²) in [5, 5.41) is 11.6. The average Bonchev–Trinajstić information content (AvgIpc) is 1.87. The second-order valence-corrected chi connectivity index (χ2v) is 3.00. The van der Waals surface area contributed by atoms with Gasteiger partial charge in [-0.1, -0.05) is 6.92 Å². The van der Waals surface area contributed by atoms with Crippen molar-refractivity contribution in [3.63, 3.8) is 0 Å². The summed E-state index contributed by atoms with van der Waals surface area (Å²) in [5.74, 6) is 0. The first kappa shape index (κ1) is 7.56. The molecule has 1 N–H and O–H groups in total. The molecule has 2 heteroatoms. The van der Waals surface area contributed by atoms with Crippen LogP contribution in [0.5, 0.6) is 0 Å². The zero-order valence-electron chi connectivity index (χ0n) is 6.48. The molecule has 0 aromatic rings. The fourth-order valence-corrected chi connectivity index (χ4v) is 1.49. The van der Waals surface area contributed by atoms with Crippen LogP contribution in [-0.4, -0.2) is 12.1 Å². The third-order valence-corrected chi connectivity index (χ3v) is 2.53. The Hall–Kier alpha value is -0.550. The van der Waals surface area contributed by atoms with Crippen molar-refractivity contribution in [2.45, 2.75) is 38.1 Å². The second kappa shape index (κ2) is 3.03. The Balaban J connectivity index is 2.28. The molecule has 2 nitrogen and oxygen atoms in total. The molecule has 1 fully saturated rings. The summed E-state index contributed by atoms with van der Waals surface area (Å²) < 4.78 is 0. The zero-order chi connectivity index (χ0) is 7.45. The third-order valence-electron chi connectivity index (χ3n) is 2.53. The van der Waals surface area contributed by atoms with Gasteiger partial charge in [-0.2, -0.15) is 5.26 Å². The maximum absolute atomic E-state index is 8.33. The fraction of sp³-hybridized carbons (Fsp3) is 0.875. The van der Waals surface area contributed by atoms with Gasteiger partial charge in [-0.05, 0) is 25.7 Å². The molecule has 0 aromatic heterocycles. The Morgan fingerprint density at radius 2 is 2.30 bits per heavy atom. The molecule has 0 heterocycles. The van der Waals surface area contributed by atoms with E-state index in [4.69, 9.17) is 5.26 Å². The molecule has 1 saturated carbocycles. The third kappa shape index (κ3) is 1.30. The zero-order valence-corrected chi connectivity index (χ0v) is 6.48. The molecule has 0 aromatic carbocycles. The second-order valence-electron chi connectivity index (χ2n) is 3.00. The fourth-order valence-electron chi connectivity index (χ4n) is 1.49. The molecule has 0 atom stereocenters. The highest BCUT2D eigenvalue weighted by molar-refractivity contribution is 4.96. The van der Waals surface area contributed by atoms with Crippen LogP contribution in [0.1, 0.15) is 32.6 Å². The van der Waals surface area contributed by atoms with Gasteiger partial charge in [0, 0.05) is 5.54 Å². The molecule has 10 heavy (non-hydrogen) atoms. The quantitative estimate of drug-likeness (QED) is 0.599. The minimum Gasteiger partial charge on any atom is -0.299 e. The van der Waals surface area contributed by atoms with E-state index in [1.54, 1.807) is 0 Å². The van der Waals surface area contributed by atoms with Gasteiger partial charge in [-0.25, -0.2) is 0 Å². The van der Waals surface area contributed by atoms with Crippen LogP contribution < -0.4 is 5.32 Å². The van der Waals surface area contributed by atoms with Gasteiger partial charge in [-0.3, -0.25) is 5.32 Å². The Morgan fingerprint density at radius 3 is 2.60 bits per heavy atom. The highest BCUT2D eigenvalue weighted by Crippen LogP contribution is 2.34. The number of hydrogen-bond donors (Lipinski definition) is 1. The SMILES string of the molecule is CCC1(NCC#N)CCC1. The van der Waals surface area contributed by atoms with Gasteiger partial charge in [0.2, 0.25) is 0 Å². The van der Waals surface area contributed by atoms with Crippen molar-refractivity contribution < 1.29 is 0 Å². The summed E-state index contributed by atoms with van der Waals surface area (Å²) in [5.41, 5.74) is 0.343. The van der Waals surface area contributed by atoms with Gasteiger partial charge in [0.1, 0.15) is 0 Å². The molecule has 56 valence electrons. The van der Waals surface area contributed by atoms with Gasteiger partial charge < -0.3 is 0 Å². The summed E-state index contributed by atoms with van der Waals surface area (Å²) in [6.07, 6.45) is 5.00. The lowest BCUT2D eigenvalue weighted by atomic mass is 9.75. The molecule has 0 unspecified atom stereocenters. The summed E-state index contributed by atoms with van der Waals surface area (Å²) in [6, 6.07) is 2.11. The van der Waals surface area contributed by atoms with Gasteiger partial charge in [-0.15, -0.1) is 0 Å². The Morgan fingerprint density at radius 1 is 1.60 bits per heavy atom. The van der Waals surface area contributed by atoms with E-state index < -0.39 is 0 Å². The summed E-state index contributed by atoms with van der Waals surface area (Å²) >= 11 is 0. The minimum atomic E-state index is 0.343. The van der Waals surface area contributed by atoms with E-state index in [-0.39, 0.29) is 0 Å². The molecular formula is C8H14N2. The Labute approximate surface area is 62.2 Å². The van der Waals surface area contributed by atoms with Crippen LogP contribution in [0.4, 0.5) is 0 Å². The molecule has 0 bridgehead atoms. The van der Waals surface area contributed by atoms with Gasteiger partial charge in [0.05, 0.1) is 12.6 Å². The average molecular weight is 138 g/mol. The monoisotopic (exact) mass is 138 g/mol. The van der Waals surface area contributed by atoms with E-state index in [9.17, 15) is 0 Å². The van der Waals surface area contributed by atoms with Crippen LogP contribution in [0.15, 0.2) is 0 Å². The predicted molar refractivity (Wildman–Crippen MR) is 40.5 cm³/mol. The Kier molecular flexibility index (Phi) is 2.29. The van der Waals surface area contributed by atoms with Crippen LogP contribution in [0.3, 0.4) is 0 Å². The Bertz CT molecular complexity index is 136. The normalized spacial score (nSPS) is 21.2. The van der Waals surface area contributed by atoms with Crippen molar-refractivity contribution in [2.24, 2.45) is 0 Å². The van der Waals surface area contributed by atoms with Crippen LogP contribution in [0.25, 0.3) is 0 Å². The standard InChI is InChI=1S/C8H14N2/c1-2-8(4-3-5-8)10-7-6-9/h10H,2-5,7H2,1H3. The molecule has 0 spiro atoms. The van der Waals surface area contributed by atoms with Gasteiger partial charge in [0.25, 0.3) is 0 Å². The molecule has 1 aliphatic carbocycles. The first-order valence-corrected chi connectivity index (χ1v) is 3.95. The van der Waals surface area contributed by atoms with Crippen LogP contribution >= 0.6 is 0 Å². The summed E-state index contributed by atoms with van der Waals surface area (Å²) in [6.45, 7) is 2.69. The topological polar surface area (TPSA) is 35.8 Å². The van der Waals surface area contributed by atoms with Crippen molar-refractivity contribution in [3.05, 3.63) is 0 Å². The molecule has 0 saturated heterocycles. The molecular weight excluding hydrogens is 124 g/mol. The lowest BCUT2D eigenvalue weighted by Gasteiger charge is -2.41. The molecule has 1 aliphatic rings. The summed E-state index contributed by atoms with van der Waals surface area (Å²) in [4.78, 5) is 0. The van der Waals surface area contributed by atoms with Crippen LogP contribution in [0, 0.1) is 11.3 Å². The first-order valence-electron chi connectivity index (χ1n) is 3.95.